The fourth-order valence-electron chi connectivity index (χ4n) is 1.93. The second kappa shape index (κ2) is 5.66. The van der Waals surface area contributed by atoms with Crippen molar-refractivity contribution in [2.75, 3.05) is 31.7 Å². The summed E-state index contributed by atoms with van der Waals surface area (Å²) in [6, 6.07) is 1.85. The molecule has 5 nitrogen and oxygen atoms in total. The van der Waals surface area contributed by atoms with Gasteiger partial charge in [-0.1, -0.05) is 0 Å². The van der Waals surface area contributed by atoms with Crippen LogP contribution in [-0.4, -0.2) is 43.7 Å². The Morgan fingerprint density at radius 1 is 1.55 bits per heavy atom. The largest absolute Gasteiger partial charge is 0.416 e. The lowest BCUT2D eigenvalue weighted by atomic mass is 10.1. The third kappa shape index (κ3) is 3.38. The van der Waals surface area contributed by atoms with Crippen LogP contribution in [0, 0.1) is 0 Å². The number of carbonyl (C=O) groups is 1. The van der Waals surface area contributed by atoms with Crippen LogP contribution >= 0.6 is 0 Å². The first-order valence-electron chi connectivity index (χ1n) is 5.96. The summed E-state index contributed by atoms with van der Waals surface area (Å²) in [7, 11) is 1.42. The molecule has 1 N–H and O–H groups in total. The summed E-state index contributed by atoms with van der Waals surface area (Å²) >= 11 is 0. The van der Waals surface area contributed by atoms with Gasteiger partial charge in [-0.25, -0.2) is 4.98 Å². The number of hydrogen-bond donors (Lipinski definition) is 1. The molecule has 1 aliphatic rings. The molecule has 0 spiro atoms. The molecule has 1 aromatic heterocycles. The molecule has 2 heterocycles. The second-order valence-electron chi connectivity index (χ2n) is 4.50. The van der Waals surface area contributed by atoms with E-state index in [0.29, 0.717) is 13.1 Å². The van der Waals surface area contributed by atoms with E-state index in [2.05, 4.69) is 15.0 Å². The van der Waals surface area contributed by atoms with E-state index < -0.39 is 11.7 Å². The number of amides is 1. The normalized spacial score (nSPS) is 15.9. The number of hydrogen-bond acceptors (Lipinski definition) is 4. The van der Waals surface area contributed by atoms with Crippen molar-refractivity contribution in [1.82, 2.24) is 10.3 Å². The van der Waals surface area contributed by atoms with Crippen molar-refractivity contribution in [3.8, 4) is 0 Å². The molecule has 0 aliphatic carbocycles. The predicted octanol–water partition coefficient (Wildman–Crippen LogP) is 1.05. The predicted molar refractivity (Wildman–Crippen MR) is 65.3 cm³/mol. The molecule has 0 atom stereocenters. The molecule has 110 valence electrons. The Kier molecular flexibility index (Phi) is 4.12. The fraction of sp³-hybridized carbons (Fsp3) is 0.500. The highest BCUT2D eigenvalue weighted by Crippen LogP contribution is 2.31. The van der Waals surface area contributed by atoms with E-state index >= 15 is 0 Å². The number of anilines is 1. The number of rotatable bonds is 4. The van der Waals surface area contributed by atoms with Crippen molar-refractivity contribution in [3.63, 3.8) is 0 Å². The summed E-state index contributed by atoms with van der Waals surface area (Å²) < 4.78 is 42.4. The maximum atomic E-state index is 12.6. The zero-order chi connectivity index (χ0) is 14.8. The first kappa shape index (κ1) is 14.6. The smallest absolute Gasteiger partial charge is 0.375 e. The topological polar surface area (TPSA) is 54.5 Å². The van der Waals surface area contributed by atoms with Crippen molar-refractivity contribution in [2.24, 2.45) is 0 Å². The maximum absolute atomic E-state index is 12.6. The molecule has 1 fully saturated rings. The molecule has 1 saturated heterocycles. The van der Waals surface area contributed by atoms with Crippen LogP contribution in [0.15, 0.2) is 18.3 Å². The molecule has 0 radical (unpaired) electrons. The molecule has 8 heteroatoms. The molecule has 0 unspecified atom stereocenters. The number of halogens is 3. The molecule has 20 heavy (non-hydrogen) atoms. The van der Waals surface area contributed by atoms with E-state index in [9.17, 15) is 18.0 Å². The van der Waals surface area contributed by atoms with Gasteiger partial charge in [-0.2, -0.15) is 13.2 Å². The van der Waals surface area contributed by atoms with Crippen molar-refractivity contribution < 1.29 is 22.7 Å². The van der Waals surface area contributed by atoms with E-state index in [1.165, 1.54) is 7.11 Å². The summed E-state index contributed by atoms with van der Waals surface area (Å²) in [6.45, 7) is 0.839. The van der Waals surface area contributed by atoms with Gasteiger partial charge in [0.25, 0.3) is 0 Å². The molecule has 1 amide bonds. The van der Waals surface area contributed by atoms with Gasteiger partial charge < -0.3 is 15.0 Å². The van der Waals surface area contributed by atoms with Gasteiger partial charge in [0.05, 0.1) is 11.6 Å². The van der Waals surface area contributed by atoms with Crippen LogP contribution in [0.2, 0.25) is 0 Å². The van der Waals surface area contributed by atoms with Crippen LogP contribution < -0.4 is 10.2 Å². The SMILES string of the molecule is COCC(=O)NC1CN(c2cc(C(F)(F)F)ccn2)C1. The molecule has 2 rings (SSSR count). The van der Waals surface area contributed by atoms with Crippen LogP contribution in [-0.2, 0) is 15.7 Å². The van der Waals surface area contributed by atoms with Crippen LogP contribution in [0.5, 0.6) is 0 Å². The number of carbonyl (C=O) groups excluding carboxylic acids is 1. The first-order chi connectivity index (χ1) is 9.40. The van der Waals surface area contributed by atoms with Crippen molar-refractivity contribution in [1.29, 1.82) is 0 Å². The van der Waals surface area contributed by atoms with Crippen LogP contribution in [0.3, 0.4) is 0 Å². The van der Waals surface area contributed by atoms with E-state index in [1.54, 1.807) is 4.90 Å². The number of ether oxygens (including phenoxy) is 1. The number of alkyl halides is 3. The molecule has 0 aromatic carbocycles. The maximum Gasteiger partial charge on any atom is 0.416 e. The molecular weight excluding hydrogens is 275 g/mol. The third-order valence-corrected chi connectivity index (χ3v) is 2.92. The zero-order valence-electron chi connectivity index (χ0n) is 10.8. The van der Waals surface area contributed by atoms with E-state index in [1.807, 2.05) is 0 Å². The number of aromatic nitrogens is 1. The van der Waals surface area contributed by atoms with Gasteiger partial charge in [0.15, 0.2) is 0 Å². The lowest BCUT2D eigenvalue weighted by molar-refractivity contribution is -0.137. The summed E-state index contributed by atoms with van der Waals surface area (Å²) in [5.74, 6) is 0.0196. The summed E-state index contributed by atoms with van der Waals surface area (Å²) in [6.07, 6.45) is -3.25. The van der Waals surface area contributed by atoms with E-state index in [-0.39, 0.29) is 24.4 Å². The minimum atomic E-state index is -4.38. The Morgan fingerprint density at radius 2 is 2.25 bits per heavy atom. The average molecular weight is 289 g/mol. The minimum Gasteiger partial charge on any atom is -0.375 e. The highest BCUT2D eigenvalue weighted by Gasteiger charge is 2.33. The lowest BCUT2D eigenvalue weighted by Crippen LogP contribution is -2.60. The number of nitrogens with zero attached hydrogens (tertiary/aromatic N) is 2. The quantitative estimate of drug-likeness (QED) is 0.900. The molecule has 0 bridgehead atoms. The number of nitrogens with one attached hydrogen (secondary N) is 1. The Bertz CT molecular complexity index is 487. The van der Waals surface area contributed by atoms with Crippen LogP contribution in [0.25, 0.3) is 0 Å². The third-order valence-electron chi connectivity index (χ3n) is 2.92. The van der Waals surface area contributed by atoms with Gasteiger partial charge in [0, 0.05) is 26.4 Å². The number of pyridine rings is 1. The molecular formula is C12H14F3N3O2. The standard InChI is InChI=1S/C12H14F3N3O2/c1-20-7-11(19)17-9-5-18(6-9)10-4-8(2-3-16-10)12(13,14)15/h2-4,9H,5-7H2,1H3,(H,17,19). The Balaban J connectivity index is 1.91. The van der Waals surface area contributed by atoms with Gasteiger partial charge >= 0.3 is 6.18 Å². The van der Waals surface area contributed by atoms with Gasteiger partial charge in [-0.3, -0.25) is 4.79 Å². The Morgan fingerprint density at radius 3 is 2.85 bits per heavy atom. The second-order valence-corrected chi connectivity index (χ2v) is 4.50. The van der Waals surface area contributed by atoms with Crippen molar-refractivity contribution in [3.05, 3.63) is 23.9 Å². The van der Waals surface area contributed by atoms with Gasteiger partial charge in [0.1, 0.15) is 12.4 Å². The summed E-state index contributed by atoms with van der Waals surface area (Å²) in [5, 5.41) is 2.71. The minimum absolute atomic E-state index is 0.0295. The van der Waals surface area contributed by atoms with Crippen molar-refractivity contribution >= 4 is 11.7 Å². The van der Waals surface area contributed by atoms with E-state index in [0.717, 1.165) is 18.3 Å². The van der Waals surface area contributed by atoms with Crippen molar-refractivity contribution in [2.45, 2.75) is 12.2 Å². The fourth-order valence-corrected chi connectivity index (χ4v) is 1.93. The van der Waals surface area contributed by atoms with E-state index in [4.69, 9.17) is 0 Å². The average Bonchev–Trinajstić information content (AvgIpc) is 2.33. The number of methoxy groups -OCH3 is 1. The zero-order valence-corrected chi connectivity index (χ0v) is 10.8. The monoisotopic (exact) mass is 289 g/mol. The van der Waals surface area contributed by atoms with Crippen LogP contribution in [0.1, 0.15) is 5.56 Å². The molecule has 1 aromatic rings. The highest BCUT2D eigenvalue weighted by molar-refractivity contribution is 5.78. The van der Waals surface area contributed by atoms with Gasteiger partial charge in [-0.05, 0) is 12.1 Å². The summed E-state index contributed by atoms with van der Waals surface area (Å²) in [5.41, 5.74) is -0.727. The van der Waals surface area contributed by atoms with Crippen LogP contribution in [0.4, 0.5) is 19.0 Å². The van der Waals surface area contributed by atoms with Gasteiger partial charge in [0.2, 0.25) is 5.91 Å². The van der Waals surface area contributed by atoms with Gasteiger partial charge in [-0.15, -0.1) is 0 Å². The summed E-state index contributed by atoms with van der Waals surface area (Å²) in [4.78, 5) is 16.8. The Labute approximate surface area is 113 Å². The molecule has 0 saturated carbocycles. The molecule has 1 aliphatic heterocycles. The Hall–Kier alpha value is -1.83. The first-order valence-corrected chi connectivity index (χ1v) is 5.96. The highest BCUT2D eigenvalue weighted by atomic mass is 19.4. The lowest BCUT2D eigenvalue weighted by Gasteiger charge is -2.40.